The summed E-state index contributed by atoms with van der Waals surface area (Å²) in [5.74, 6) is 0. The number of para-hydroxylation sites is 1. The Hall–Kier alpha value is -1.84. The Kier molecular flexibility index (Phi) is 4.42. The number of aryl methyl sites for hydroxylation is 1. The van der Waals surface area contributed by atoms with E-state index in [1.165, 1.54) is 33.1 Å². The number of nitrogens with zero attached hydrogens (tertiary/aromatic N) is 1. The van der Waals surface area contributed by atoms with Gasteiger partial charge >= 0.3 is 0 Å². The molecule has 2 heterocycles. The van der Waals surface area contributed by atoms with Gasteiger partial charge in [-0.3, -0.25) is 0 Å². The fraction of sp³-hybridized carbons (Fsp3) is 0.105. The fourth-order valence-corrected chi connectivity index (χ4v) is 3.13. The molecule has 0 radical (unpaired) electrons. The van der Waals surface area contributed by atoms with Crippen molar-refractivity contribution in [3.05, 3.63) is 77.1 Å². The highest BCUT2D eigenvalue weighted by atomic mass is 79.9. The van der Waals surface area contributed by atoms with Gasteiger partial charge in [0.25, 0.3) is 0 Å². The maximum atomic E-state index is 5.96. The molecule has 0 bridgehead atoms. The van der Waals surface area contributed by atoms with Crippen LogP contribution >= 0.6 is 11.6 Å². The van der Waals surface area contributed by atoms with Crippen molar-refractivity contribution in [2.24, 2.45) is 0 Å². The summed E-state index contributed by atoms with van der Waals surface area (Å²) in [6, 6.07) is 18.7. The van der Waals surface area contributed by atoms with Crippen LogP contribution in [0.1, 0.15) is 11.3 Å². The van der Waals surface area contributed by atoms with Gasteiger partial charge in [0, 0.05) is 39.9 Å². The van der Waals surface area contributed by atoms with Crippen LogP contribution in [-0.4, -0.2) is 4.98 Å². The number of benzene rings is 2. The first-order valence-corrected chi connectivity index (χ1v) is 7.74. The van der Waals surface area contributed by atoms with Crippen molar-refractivity contribution >= 4 is 33.4 Å². The highest BCUT2D eigenvalue weighted by molar-refractivity contribution is 6.30. The highest BCUT2D eigenvalue weighted by Gasteiger charge is 2.15. The van der Waals surface area contributed by atoms with Crippen LogP contribution in [0.3, 0.4) is 0 Å². The van der Waals surface area contributed by atoms with Crippen LogP contribution in [-0.2, 0) is 6.54 Å². The summed E-state index contributed by atoms with van der Waals surface area (Å²) >= 11 is 5.96. The molecular weight excluding hydrogens is 372 g/mol. The first kappa shape index (κ1) is 16.0. The third kappa shape index (κ3) is 2.87. The Labute approximate surface area is 150 Å². The van der Waals surface area contributed by atoms with Crippen LogP contribution < -0.4 is 21.5 Å². The molecular formula is C19H16BrClN2. The molecule has 0 aliphatic rings. The predicted octanol–water partition coefficient (Wildman–Crippen LogP) is 1.62. The first-order chi connectivity index (χ1) is 10.7. The van der Waals surface area contributed by atoms with Crippen molar-refractivity contribution < 1.29 is 21.5 Å². The second-order valence-electron chi connectivity index (χ2n) is 5.61. The van der Waals surface area contributed by atoms with E-state index < -0.39 is 0 Å². The Bertz CT molecular complexity index is 974. The van der Waals surface area contributed by atoms with Crippen LogP contribution in [0.25, 0.3) is 21.8 Å². The molecule has 0 saturated carbocycles. The number of rotatable bonds is 2. The molecule has 0 aliphatic carbocycles. The molecule has 0 spiro atoms. The van der Waals surface area contributed by atoms with Crippen molar-refractivity contribution in [3.63, 3.8) is 0 Å². The summed E-state index contributed by atoms with van der Waals surface area (Å²) in [5, 5.41) is 3.33. The number of fused-ring (bicyclic) bond motifs is 3. The molecule has 23 heavy (non-hydrogen) atoms. The summed E-state index contributed by atoms with van der Waals surface area (Å²) < 4.78 is 2.26. The summed E-state index contributed by atoms with van der Waals surface area (Å²) in [5.41, 5.74) is 4.87. The fourth-order valence-electron chi connectivity index (χ4n) is 3.00. The second-order valence-corrected chi connectivity index (χ2v) is 6.05. The lowest BCUT2D eigenvalue weighted by molar-refractivity contribution is -0.693. The minimum absolute atomic E-state index is 0. The average molecular weight is 388 g/mol. The Morgan fingerprint density at radius 2 is 1.70 bits per heavy atom. The van der Waals surface area contributed by atoms with Gasteiger partial charge in [-0.1, -0.05) is 41.9 Å². The summed E-state index contributed by atoms with van der Waals surface area (Å²) in [7, 11) is 0. The van der Waals surface area contributed by atoms with E-state index in [0.717, 1.165) is 11.6 Å². The molecule has 0 saturated heterocycles. The molecule has 4 aromatic rings. The van der Waals surface area contributed by atoms with E-state index >= 15 is 0 Å². The van der Waals surface area contributed by atoms with E-state index in [-0.39, 0.29) is 17.0 Å². The Balaban J connectivity index is 0.00000156. The van der Waals surface area contributed by atoms with Crippen molar-refractivity contribution in [3.8, 4) is 0 Å². The number of hydrogen-bond donors (Lipinski definition) is 1. The molecule has 0 aliphatic heterocycles. The monoisotopic (exact) mass is 386 g/mol. The van der Waals surface area contributed by atoms with E-state index in [2.05, 4.69) is 65.1 Å². The number of aromatic nitrogens is 2. The SMILES string of the molecule is Cc1c2[nH]c3ccccc3c2cc[n+]1Cc1ccc(Cl)cc1.[Br-]. The average Bonchev–Trinajstić information content (AvgIpc) is 2.92. The smallest absolute Gasteiger partial charge is 0.202 e. The van der Waals surface area contributed by atoms with Crippen LogP contribution in [0.15, 0.2) is 60.8 Å². The van der Waals surface area contributed by atoms with Crippen molar-refractivity contribution in [2.45, 2.75) is 13.5 Å². The minimum atomic E-state index is 0. The van der Waals surface area contributed by atoms with E-state index in [1.807, 2.05) is 12.1 Å². The number of aromatic amines is 1. The van der Waals surface area contributed by atoms with Gasteiger partial charge in [-0.25, -0.2) is 0 Å². The molecule has 116 valence electrons. The maximum Gasteiger partial charge on any atom is 0.202 e. The molecule has 1 N–H and O–H groups in total. The third-order valence-electron chi connectivity index (χ3n) is 4.23. The summed E-state index contributed by atoms with van der Waals surface area (Å²) in [6.45, 7) is 3.00. The Morgan fingerprint density at radius 3 is 2.48 bits per heavy atom. The predicted molar refractivity (Wildman–Crippen MR) is 91.3 cm³/mol. The molecule has 0 amide bonds. The third-order valence-corrected chi connectivity index (χ3v) is 4.48. The van der Waals surface area contributed by atoms with Gasteiger partial charge in [0.05, 0.1) is 0 Å². The number of halogens is 2. The standard InChI is InChI=1S/C19H15ClN2.BrH/c1-13-19-17(16-4-2-3-5-18(16)21-19)10-11-22(13)12-14-6-8-15(20)9-7-14;/h2-11H,12H2,1H3;1H. The quantitative estimate of drug-likeness (QED) is 0.504. The van der Waals surface area contributed by atoms with Gasteiger partial charge in [-0.15, -0.1) is 0 Å². The zero-order valence-corrected chi connectivity index (χ0v) is 15.0. The molecule has 2 aromatic carbocycles. The van der Waals surface area contributed by atoms with Gasteiger partial charge in [-0.2, -0.15) is 4.57 Å². The van der Waals surface area contributed by atoms with Crippen LogP contribution in [0.5, 0.6) is 0 Å². The summed E-state index contributed by atoms with van der Waals surface area (Å²) in [4.78, 5) is 3.54. The van der Waals surface area contributed by atoms with Crippen molar-refractivity contribution in [1.82, 2.24) is 4.98 Å². The molecule has 4 rings (SSSR count). The van der Waals surface area contributed by atoms with Gasteiger partial charge in [0.1, 0.15) is 5.52 Å². The van der Waals surface area contributed by atoms with E-state index in [9.17, 15) is 0 Å². The van der Waals surface area contributed by atoms with Crippen molar-refractivity contribution in [2.75, 3.05) is 0 Å². The molecule has 2 aromatic heterocycles. The largest absolute Gasteiger partial charge is 1.00 e. The van der Waals surface area contributed by atoms with Gasteiger partial charge in [-0.05, 0) is 18.2 Å². The molecule has 4 heteroatoms. The van der Waals surface area contributed by atoms with Gasteiger partial charge in [0.2, 0.25) is 5.69 Å². The minimum Gasteiger partial charge on any atom is -1.00 e. The van der Waals surface area contributed by atoms with Crippen LogP contribution in [0.4, 0.5) is 0 Å². The number of pyridine rings is 1. The van der Waals surface area contributed by atoms with Crippen molar-refractivity contribution in [1.29, 1.82) is 0 Å². The molecule has 0 fully saturated rings. The van der Waals surface area contributed by atoms with Gasteiger partial charge < -0.3 is 22.0 Å². The highest BCUT2D eigenvalue weighted by Crippen LogP contribution is 2.25. The normalized spacial score (nSPS) is 10.9. The number of H-pyrrole nitrogens is 1. The Morgan fingerprint density at radius 1 is 0.957 bits per heavy atom. The summed E-state index contributed by atoms with van der Waals surface area (Å²) in [6.07, 6.45) is 2.16. The molecule has 2 nitrogen and oxygen atoms in total. The molecule has 0 atom stereocenters. The lowest BCUT2D eigenvalue weighted by atomic mass is 10.1. The second kappa shape index (κ2) is 6.34. The van der Waals surface area contributed by atoms with E-state index in [1.54, 1.807) is 0 Å². The van der Waals surface area contributed by atoms with E-state index in [0.29, 0.717) is 0 Å². The zero-order chi connectivity index (χ0) is 15.1. The topological polar surface area (TPSA) is 19.7 Å². The number of nitrogens with one attached hydrogen (secondary N) is 1. The lowest BCUT2D eigenvalue weighted by Crippen LogP contribution is -3.00. The van der Waals surface area contributed by atoms with E-state index in [4.69, 9.17) is 11.6 Å². The lowest BCUT2D eigenvalue weighted by Gasteiger charge is -2.02. The van der Waals surface area contributed by atoms with Crippen LogP contribution in [0, 0.1) is 6.92 Å². The maximum absolute atomic E-state index is 5.96. The van der Waals surface area contributed by atoms with Crippen LogP contribution in [0.2, 0.25) is 5.02 Å². The van der Waals surface area contributed by atoms with Gasteiger partial charge in [0.15, 0.2) is 12.7 Å². The zero-order valence-electron chi connectivity index (χ0n) is 12.7. The first-order valence-electron chi connectivity index (χ1n) is 7.36. The number of hydrogen-bond acceptors (Lipinski definition) is 0. The molecule has 0 unspecified atom stereocenters.